The lowest BCUT2D eigenvalue weighted by Crippen LogP contribution is -2.22. The minimum atomic E-state index is -0.457. The summed E-state index contributed by atoms with van der Waals surface area (Å²) in [7, 11) is 0. The highest BCUT2D eigenvalue weighted by Gasteiger charge is 2.23. The van der Waals surface area contributed by atoms with E-state index in [1.807, 2.05) is 6.92 Å². The van der Waals surface area contributed by atoms with Gasteiger partial charge < -0.3 is 10.4 Å². The second-order valence-electron chi connectivity index (χ2n) is 7.57. The van der Waals surface area contributed by atoms with E-state index in [4.69, 9.17) is 11.6 Å². The smallest absolute Gasteiger partial charge is 0.237 e. The maximum atomic E-state index is 12.9. The van der Waals surface area contributed by atoms with Crippen molar-refractivity contribution >= 4 is 56.5 Å². The standard InChI is InChI=1S/C25H24ClN3O2S2/c1-4-15-6-8-16(9-7-15)21-20(5-2)33-25-22(21)24(27-13-28-25)32-14(3)23(31)29-18-12-17(26)10-11-19(18)30/h6-14,30H,4-5H2,1-3H3,(H,29,31). The number of aryl methyl sites for hydroxylation is 2. The van der Waals surface area contributed by atoms with Gasteiger partial charge in [-0.2, -0.15) is 0 Å². The number of fused-ring (bicyclic) bond motifs is 1. The van der Waals surface area contributed by atoms with Gasteiger partial charge in [0.05, 0.1) is 16.3 Å². The zero-order valence-electron chi connectivity index (χ0n) is 18.6. The maximum Gasteiger partial charge on any atom is 0.237 e. The van der Waals surface area contributed by atoms with Crippen molar-refractivity contribution in [1.29, 1.82) is 0 Å². The fraction of sp³-hybridized carbons (Fsp3) is 0.240. The van der Waals surface area contributed by atoms with Crippen LogP contribution < -0.4 is 5.32 Å². The van der Waals surface area contributed by atoms with Gasteiger partial charge >= 0.3 is 0 Å². The highest BCUT2D eigenvalue weighted by Crippen LogP contribution is 2.43. The third-order valence-electron chi connectivity index (χ3n) is 5.37. The number of carbonyl (C=O) groups excluding carboxylic acids is 1. The maximum absolute atomic E-state index is 12.9. The average Bonchev–Trinajstić information content (AvgIpc) is 3.21. The summed E-state index contributed by atoms with van der Waals surface area (Å²) in [5.74, 6) is -0.276. The lowest BCUT2D eigenvalue weighted by atomic mass is 10.0. The van der Waals surface area contributed by atoms with E-state index in [0.29, 0.717) is 5.02 Å². The summed E-state index contributed by atoms with van der Waals surface area (Å²) in [5.41, 5.74) is 3.85. The second-order valence-corrected chi connectivity index (χ2v) is 10.4. The number of anilines is 1. The lowest BCUT2D eigenvalue weighted by Gasteiger charge is -2.14. The molecule has 4 rings (SSSR count). The molecule has 2 N–H and O–H groups in total. The molecule has 0 aliphatic rings. The largest absolute Gasteiger partial charge is 0.506 e. The van der Waals surface area contributed by atoms with Gasteiger partial charge in [-0.1, -0.05) is 61.5 Å². The molecule has 0 aliphatic heterocycles. The van der Waals surface area contributed by atoms with Crippen LogP contribution in [0, 0.1) is 0 Å². The molecule has 1 amide bonds. The monoisotopic (exact) mass is 497 g/mol. The third-order valence-corrected chi connectivity index (χ3v) is 7.95. The van der Waals surface area contributed by atoms with Crippen LogP contribution in [-0.4, -0.2) is 26.2 Å². The molecule has 170 valence electrons. The summed E-state index contributed by atoms with van der Waals surface area (Å²) in [6.07, 6.45) is 3.43. The molecule has 0 aliphatic carbocycles. The van der Waals surface area contributed by atoms with Gasteiger partial charge in [-0.05, 0) is 49.1 Å². The number of carbonyl (C=O) groups is 1. The Morgan fingerprint density at radius 1 is 1.15 bits per heavy atom. The van der Waals surface area contributed by atoms with E-state index in [1.54, 1.807) is 23.7 Å². The van der Waals surface area contributed by atoms with Crippen LogP contribution in [0.15, 0.2) is 53.8 Å². The summed E-state index contributed by atoms with van der Waals surface area (Å²) >= 11 is 9.05. The number of halogens is 1. The quantitative estimate of drug-likeness (QED) is 0.164. The zero-order chi connectivity index (χ0) is 23.5. The van der Waals surface area contributed by atoms with Gasteiger partial charge in [0, 0.05) is 15.5 Å². The van der Waals surface area contributed by atoms with Crippen LogP contribution in [-0.2, 0) is 17.6 Å². The van der Waals surface area contributed by atoms with E-state index >= 15 is 0 Å². The number of thioether (sulfide) groups is 1. The van der Waals surface area contributed by atoms with Crippen LogP contribution >= 0.6 is 34.7 Å². The molecule has 0 saturated carbocycles. The fourth-order valence-electron chi connectivity index (χ4n) is 3.57. The molecule has 1 unspecified atom stereocenters. The Hall–Kier alpha value is -2.61. The van der Waals surface area contributed by atoms with Crippen LogP contribution in [0.5, 0.6) is 5.75 Å². The predicted molar refractivity (Wildman–Crippen MR) is 139 cm³/mol. The summed E-state index contributed by atoms with van der Waals surface area (Å²) in [4.78, 5) is 24.1. The third kappa shape index (κ3) is 5.00. The molecule has 33 heavy (non-hydrogen) atoms. The average molecular weight is 498 g/mol. The van der Waals surface area contributed by atoms with E-state index in [2.05, 4.69) is 53.4 Å². The zero-order valence-corrected chi connectivity index (χ0v) is 20.9. The first-order valence-corrected chi connectivity index (χ1v) is 12.8. The Balaban J connectivity index is 1.68. The molecular weight excluding hydrogens is 474 g/mol. The van der Waals surface area contributed by atoms with Crippen molar-refractivity contribution in [2.45, 2.75) is 43.9 Å². The highest BCUT2D eigenvalue weighted by molar-refractivity contribution is 8.00. The Morgan fingerprint density at radius 2 is 1.91 bits per heavy atom. The Morgan fingerprint density at radius 3 is 2.61 bits per heavy atom. The number of thiophene rings is 1. The Labute approximate surface area is 206 Å². The van der Waals surface area contributed by atoms with Crippen LogP contribution in [0.1, 0.15) is 31.2 Å². The van der Waals surface area contributed by atoms with Crippen molar-refractivity contribution in [1.82, 2.24) is 9.97 Å². The molecule has 8 heteroatoms. The van der Waals surface area contributed by atoms with Gasteiger partial charge in [-0.3, -0.25) is 4.79 Å². The molecule has 0 radical (unpaired) electrons. The fourth-order valence-corrected chi connectivity index (χ4v) is 5.83. The van der Waals surface area contributed by atoms with E-state index in [0.717, 1.165) is 39.2 Å². The van der Waals surface area contributed by atoms with Gasteiger partial charge in [0.25, 0.3) is 0 Å². The first-order valence-electron chi connectivity index (χ1n) is 10.7. The van der Waals surface area contributed by atoms with Crippen molar-refractivity contribution in [3.05, 3.63) is 64.3 Å². The van der Waals surface area contributed by atoms with Gasteiger partial charge in [0.1, 0.15) is 21.9 Å². The van der Waals surface area contributed by atoms with E-state index < -0.39 is 5.25 Å². The number of benzene rings is 2. The molecule has 2 aromatic heterocycles. The number of hydrogen-bond acceptors (Lipinski definition) is 6. The van der Waals surface area contributed by atoms with E-state index in [9.17, 15) is 9.90 Å². The Kier molecular flexibility index (Phi) is 7.22. The normalized spacial score (nSPS) is 12.1. The lowest BCUT2D eigenvalue weighted by molar-refractivity contribution is -0.115. The van der Waals surface area contributed by atoms with E-state index in [-0.39, 0.29) is 17.3 Å². The molecule has 4 aromatic rings. The molecule has 1 atom stereocenters. The number of aromatic hydroxyl groups is 1. The van der Waals surface area contributed by atoms with Crippen LogP contribution in [0.25, 0.3) is 21.3 Å². The molecule has 0 spiro atoms. The number of rotatable bonds is 7. The number of nitrogens with zero attached hydrogens (tertiary/aromatic N) is 2. The van der Waals surface area contributed by atoms with Gasteiger partial charge in [0.15, 0.2) is 0 Å². The number of phenols is 1. The SMILES string of the molecule is CCc1ccc(-c2c(CC)sc3ncnc(SC(C)C(=O)Nc4cc(Cl)ccc4O)c23)cc1. The van der Waals surface area contributed by atoms with Gasteiger partial charge in [-0.15, -0.1) is 11.3 Å². The molecule has 2 aromatic carbocycles. The number of hydrogen-bond donors (Lipinski definition) is 2. The number of phenolic OH excluding ortho intramolecular Hbond substituents is 1. The van der Waals surface area contributed by atoms with Crippen LogP contribution in [0.2, 0.25) is 5.02 Å². The summed E-state index contributed by atoms with van der Waals surface area (Å²) < 4.78 is 0. The van der Waals surface area contributed by atoms with Crippen LogP contribution in [0.4, 0.5) is 5.69 Å². The van der Waals surface area contributed by atoms with Gasteiger partial charge in [0.2, 0.25) is 5.91 Å². The van der Waals surface area contributed by atoms with Crippen molar-refractivity contribution in [3.8, 4) is 16.9 Å². The summed E-state index contributed by atoms with van der Waals surface area (Å²) in [5, 5.41) is 14.5. The number of amides is 1. The minimum Gasteiger partial charge on any atom is -0.506 e. The topological polar surface area (TPSA) is 75.1 Å². The van der Waals surface area contributed by atoms with Crippen molar-refractivity contribution in [2.75, 3.05) is 5.32 Å². The van der Waals surface area contributed by atoms with Crippen LogP contribution in [0.3, 0.4) is 0 Å². The van der Waals surface area contributed by atoms with Gasteiger partial charge in [-0.25, -0.2) is 9.97 Å². The van der Waals surface area contributed by atoms with Crippen molar-refractivity contribution in [3.63, 3.8) is 0 Å². The molecule has 0 bridgehead atoms. The first-order chi connectivity index (χ1) is 15.9. The molecular formula is C25H24ClN3O2S2. The minimum absolute atomic E-state index is 0.0300. The van der Waals surface area contributed by atoms with E-state index in [1.165, 1.54) is 34.3 Å². The second kappa shape index (κ2) is 10.1. The summed E-state index contributed by atoms with van der Waals surface area (Å²) in [6.45, 7) is 6.10. The molecule has 0 fully saturated rings. The molecule has 5 nitrogen and oxygen atoms in total. The molecule has 2 heterocycles. The molecule has 0 saturated heterocycles. The predicted octanol–water partition coefficient (Wildman–Crippen LogP) is 6.96. The van der Waals surface area contributed by atoms with Crippen molar-refractivity contribution < 1.29 is 9.90 Å². The number of nitrogens with one attached hydrogen (secondary N) is 1. The summed E-state index contributed by atoms with van der Waals surface area (Å²) in [6, 6.07) is 13.2. The first kappa shape index (κ1) is 23.5. The highest BCUT2D eigenvalue weighted by atomic mass is 35.5. The van der Waals surface area contributed by atoms with Crippen molar-refractivity contribution in [2.24, 2.45) is 0 Å². The number of aromatic nitrogens is 2. The Bertz CT molecular complexity index is 1310.